The van der Waals surface area contributed by atoms with Crippen molar-refractivity contribution in [2.45, 2.75) is 32.4 Å². The van der Waals surface area contributed by atoms with E-state index in [4.69, 9.17) is 4.74 Å². The summed E-state index contributed by atoms with van der Waals surface area (Å²) in [5.41, 5.74) is 0.965. The molecule has 0 radical (unpaired) electrons. The van der Waals surface area contributed by atoms with E-state index < -0.39 is 0 Å². The molecule has 4 nitrogen and oxygen atoms in total. The van der Waals surface area contributed by atoms with E-state index in [1.165, 1.54) is 0 Å². The lowest BCUT2D eigenvalue weighted by Crippen LogP contribution is -2.20. The van der Waals surface area contributed by atoms with Gasteiger partial charge in [0.25, 0.3) is 0 Å². The number of nitrogens with one attached hydrogen (secondary N) is 1. The van der Waals surface area contributed by atoms with Crippen LogP contribution >= 0.6 is 0 Å². The Morgan fingerprint density at radius 2 is 2.20 bits per heavy atom. The van der Waals surface area contributed by atoms with Gasteiger partial charge in [0.1, 0.15) is 0 Å². The molecule has 1 aromatic rings. The van der Waals surface area contributed by atoms with Crippen LogP contribution in [0, 0.1) is 0 Å². The fraction of sp³-hybridized carbons (Fsp3) is 0.636. The van der Waals surface area contributed by atoms with Crippen LogP contribution in [-0.2, 0) is 4.74 Å². The molecule has 84 valence electrons. The Morgan fingerprint density at radius 3 is 2.73 bits per heavy atom. The molecule has 1 rings (SSSR count). The van der Waals surface area contributed by atoms with E-state index in [1.54, 1.807) is 18.6 Å². The van der Waals surface area contributed by atoms with E-state index in [9.17, 15) is 0 Å². The first-order valence-corrected chi connectivity index (χ1v) is 5.28. The fourth-order valence-electron chi connectivity index (χ4n) is 1.35. The van der Waals surface area contributed by atoms with Crippen molar-refractivity contribution in [2.75, 3.05) is 13.7 Å². The summed E-state index contributed by atoms with van der Waals surface area (Å²) < 4.78 is 5.51. The van der Waals surface area contributed by atoms with Crippen molar-refractivity contribution >= 4 is 0 Å². The van der Waals surface area contributed by atoms with Gasteiger partial charge in [0.15, 0.2) is 0 Å². The lowest BCUT2D eigenvalue weighted by Gasteiger charge is -2.16. The van der Waals surface area contributed by atoms with Gasteiger partial charge in [0.05, 0.1) is 17.8 Å². The molecular weight excluding hydrogens is 190 g/mol. The lowest BCUT2D eigenvalue weighted by atomic mass is 10.1. The maximum Gasteiger partial charge on any atom is 0.0756 e. The molecular formula is C11H19N3O. The third kappa shape index (κ3) is 4.36. The minimum Gasteiger partial charge on any atom is -0.379 e. The van der Waals surface area contributed by atoms with Crippen molar-refractivity contribution < 1.29 is 4.74 Å². The molecule has 0 aliphatic heterocycles. The molecule has 1 N–H and O–H groups in total. The third-order valence-corrected chi connectivity index (χ3v) is 2.15. The van der Waals surface area contributed by atoms with Crippen LogP contribution in [0.1, 0.15) is 32.0 Å². The Labute approximate surface area is 91.1 Å². The van der Waals surface area contributed by atoms with Crippen molar-refractivity contribution in [3.05, 3.63) is 24.3 Å². The normalized spacial score (nSPS) is 13.1. The van der Waals surface area contributed by atoms with Gasteiger partial charge in [0.2, 0.25) is 0 Å². The summed E-state index contributed by atoms with van der Waals surface area (Å²) in [5, 5.41) is 3.21. The average molecular weight is 209 g/mol. The van der Waals surface area contributed by atoms with Gasteiger partial charge < -0.3 is 10.1 Å². The van der Waals surface area contributed by atoms with Crippen LogP contribution in [0.3, 0.4) is 0 Å². The highest BCUT2D eigenvalue weighted by Gasteiger charge is 2.10. The highest BCUT2D eigenvalue weighted by molar-refractivity contribution is 5.01. The molecule has 15 heavy (non-hydrogen) atoms. The van der Waals surface area contributed by atoms with Crippen LogP contribution in [0.25, 0.3) is 0 Å². The second-order valence-corrected chi connectivity index (χ2v) is 3.68. The summed E-state index contributed by atoms with van der Waals surface area (Å²) in [6.45, 7) is 4.81. The van der Waals surface area contributed by atoms with Crippen molar-refractivity contribution in [3.63, 3.8) is 0 Å². The van der Waals surface area contributed by atoms with Crippen molar-refractivity contribution in [2.24, 2.45) is 0 Å². The maximum absolute atomic E-state index is 5.51. The molecule has 0 spiro atoms. The fourth-order valence-corrected chi connectivity index (χ4v) is 1.35. The van der Waals surface area contributed by atoms with E-state index in [2.05, 4.69) is 15.3 Å². The van der Waals surface area contributed by atoms with Crippen molar-refractivity contribution in [1.29, 1.82) is 0 Å². The van der Waals surface area contributed by atoms with E-state index in [-0.39, 0.29) is 12.1 Å². The molecule has 0 bridgehead atoms. The van der Waals surface area contributed by atoms with Gasteiger partial charge >= 0.3 is 0 Å². The molecule has 0 fully saturated rings. The molecule has 0 saturated carbocycles. The van der Waals surface area contributed by atoms with Gasteiger partial charge in [-0.15, -0.1) is 0 Å². The zero-order valence-corrected chi connectivity index (χ0v) is 9.60. The van der Waals surface area contributed by atoms with Crippen LogP contribution in [0.2, 0.25) is 0 Å². The van der Waals surface area contributed by atoms with Crippen LogP contribution in [0.5, 0.6) is 0 Å². The van der Waals surface area contributed by atoms with Crippen molar-refractivity contribution in [1.82, 2.24) is 15.3 Å². The summed E-state index contributed by atoms with van der Waals surface area (Å²) in [7, 11) is 1.93. The van der Waals surface area contributed by atoms with Crippen LogP contribution in [0.4, 0.5) is 0 Å². The quantitative estimate of drug-likeness (QED) is 0.772. The first-order chi connectivity index (χ1) is 7.24. The SMILES string of the molecule is CNC(CCOC(C)C)c1cnccn1. The highest BCUT2D eigenvalue weighted by Crippen LogP contribution is 2.12. The number of ether oxygens (including phenoxy) is 1. The Hall–Kier alpha value is -1.00. The number of aromatic nitrogens is 2. The second kappa shape index (κ2) is 6.48. The smallest absolute Gasteiger partial charge is 0.0756 e. The Kier molecular flexibility index (Phi) is 5.21. The molecule has 0 amide bonds. The molecule has 1 heterocycles. The Bertz CT molecular complexity index is 264. The molecule has 0 aliphatic rings. The zero-order chi connectivity index (χ0) is 11.1. The predicted molar refractivity (Wildman–Crippen MR) is 59.5 cm³/mol. The topological polar surface area (TPSA) is 47.0 Å². The predicted octanol–water partition coefficient (Wildman–Crippen LogP) is 1.55. The Balaban J connectivity index is 2.43. The number of hydrogen-bond donors (Lipinski definition) is 1. The molecule has 0 aromatic carbocycles. The molecule has 1 atom stereocenters. The van der Waals surface area contributed by atoms with Crippen LogP contribution in [0.15, 0.2) is 18.6 Å². The summed E-state index contributed by atoms with van der Waals surface area (Å²) in [5.74, 6) is 0. The van der Waals surface area contributed by atoms with Gasteiger partial charge in [0, 0.05) is 25.2 Å². The summed E-state index contributed by atoms with van der Waals surface area (Å²) in [4.78, 5) is 8.32. The van der Waals surface area contributed by atoms with Crippen molar-refractivity contribution in [3.8, 4) is 0 Å². The van der Waals surface area contributed by atoms with Gasteiger partial charge in [-0.3, -0.25) is 9.97 Å². The number of hydrogen-bond acceptors (Lipinski definition) is 4. The van der Waals surface area contributed by atoms with E-state index >= 15 is 0 Å². The minimum absolute atomic E-state index is 0.220. The monoisotopic (exact) mass is 209 g/mol. The average Bonchev–Trinajstić information content (AvgIpc) is 2.25. The van der Waals surface area contributed by atoms with E-state index in [1.807, 2.05) is 20.9 Å². The summed E-state index contributed by atoms with van der Waals surface area (Å²) in [6, 6.07) is 0.220. The first-order valence-electron chi connectivity index (χ1n) is 5.28. The van der Waals surface area contributed by atoms with Gasteiger partial charge in [-0.1, -0.05) is 0 Å². The maximum atomic E-state index is 5.51. The van der Waals surface area contributed by atoms with Gasteiger partial charge in [-0.25, -0.2) is 0 Å². The first kappa shape index (κ1) is 12.1. The minimum atomic E-state index is 0.220. The zero-order valence-electron chi connectivity index (χ0n) is 9.60. The molecule has 1 aromatic heterocycles. The highest BCUT2D eigenvalue weighted by atomic mass is 16.5. The summed E-state index contributed by atoms with van der Waals surface area (Å²) >= 11 is 0. The molecule has 0 saturated heterocycles. The van der Waals surface area contributed by atoms with Crippen LogP contribution < -0.4 is 5.32 Å². The largest absolute Gasteiger partial charge is 0.379 e. The number of rotatable bonds is 6. The van der Waals surface area contributed by atoms with Gasteiger partial charge in [-0.2, -0.15) is 0 Å². The Morgan fingerprint density at radius 1 is 1.40 bits per heavy atom. The standard InChI is InChI=1S/C11H19N3O/c1-9(2)15-7-4-10(12-3)11-8-13-5-6-14-11/h5-6,8-10,12H,4,7H2,1-3H3. The molecule has 1 unspecified atom stereocenters. The summed E-state index contributed by atoms with van der Waals surface area (Å²) in [6.07, 6.45) is 6.37. The molecule has 4 heteroatoms. The van der Waals surface area contributed by atoms with E-state index in [0.29, 0.717) is 0 Å². The van der Waals surface area contributed by atoms with Crippen LogP contribution in [-0.4, -0.2) is 29.7 Å². The van der Waals surface area contributed by atoms with E-state index in [0.717, 1.165) is 18.7 Å². The lowest BCUT2D eigenvalue weighted by molar-refractivity contribution is 0.0717. The second-order valence-electron chi connectivity index (χ2n) is 3.68. The number of nitrogens with zero attached hydrogens (tertiary/aromatic N) is 2. The molecule has 0 aliphatic carbocycles. The third-order valence-electron chi connectivity index (χ3n) is 2.15. The van der Waals surface area contributed by atoms with Gasteiger partial charge in [-0.05, 0) is 27.3 Å².